The molecule has 1 aliphatic rings. The van der Waals surface area contributed by atoms with Crippen molar-refractivity contribution in [1.82, 2.24) is 9.55 Å². The predicted molar refractivity (Wildman–Crippen MR) is 90.8 cm³/mol. The first-order valence-corrected chi connectivity index (χ1v) is 8.10. The summed E-state index contributed by atoms with van der Waals surface area (Å²) in [4.78, 5) is 29.4. The molecule has 1 aromatic heterocycles. The van der Waals surface area contributed by atoms with Gasteiger partial charge in [0, 0.05) is 30.6 Å². The zero-order valence-corrected chi connectivity index (χ0v) is 14.0. The highest BCUT2D eigenvalue weighted by atomic mass is 35.5. The molecule has 0 amide bonds. The van der Waals surface area contributed by atoms with Gasteiger partial charge in [-0.3, -0.25) is 9.36 Å². The molecule has 2 heterocycles. The molecule has 0 atom stereocenters. The molecule has 0 unspecified atom stereocenters. The van der Waals surface area contributed by atoms with Gasteiger partial charge < -0.3 is 15.0 Å². The molecule has 1 saturated heterocycles. The normalized spacial score (nSPS) is 14.2. The van der Waals surface area contributed by atoms with Crippen molar-refractivity contribution in [1.29, 1.82) is 0 Å². The summed E-state index contributed by atoms with van der Waals surface area (Å²) < 4.78 is 1.64. The number of hydrogen-bond acceptors (Lipinski definition) is 5. The van der Waals surface area contributed by atoms with Gasteiger partial charge in [0.2, 0.25) is 11.6 Å². The number of Topliss-reactive ketones (excluding diaryl/α,β-unsaturated/α-hetero) is 1. The van der Waals surface area contributed by atoms with E-state index in [4.69, 9.17) is 11.6 Å². The van der Waals surface area contributed by atoms with Crippen LogP contribution in [0.4, 0.5) is 11.6 Å². The first kappa shape index (κ1) is 16.4. The molecule has 8 heteroatoms. The lowest BCUT2D eigenvalue weighted by Crippen LogP contribution is -2.24. The fourth-order valence-corrected chi connectivity index (χ4v) is 3.09. The van der Waals surface area contributed by atoms with Crippen LogP contribution in [0.5, 0.6) is 0 Å². The van der Waals surface area contributed by atoms with E-state index in [1.165, 1.54) is 0 Å². The standard InChI is InChI=1S/C16H17ClN4O3/c1-11-18-15(21(23)24)16(19-8-2-3-9-19)20(11)10-14(22)12-4-6-13(17)7-5-12/h4-7H,2-3,8-10H2,1H3. The van der Waals surface area contributed by atoms with E-state index in [0.29, 0.717) is 22.2 Å². The Morgan fingerprint density at radius 2 is 1.92 bits per heavy atom. The summed E-state index contributed by atoms with van der Waals surface area (Å²) in [6.07, 6.45) is 1.96. The number of aromatic nitrogens is 2. The van der Waals surface area contributed by atoms with Gasteiger partial charge in [0.1, 0.15) is 0 Å². The highest BCUT2D eigenvalue weighted by molar-refractivity contribution is 6.30. The van der Waals surface area contributed by atoms with Gasteiger partial charge in [-0.05, 0) is 47.0 Å². The monoisotopic (exact) mass is 348 g/mol. The summed E-state index contributed by atoms with van der Waals surface area (Å²) in [5, 5.41) is 11.9. The lowest BCUT2D eigenvalue weighted by Gasteiger charge is -2.18. The Morgan fingerprint density at radius 1 is 1.29 bits per heavy atom. The van der Waals surface area contributed by atoms with Crippen molar-refractivity contribution in [3.8, 4) is 0 Å². The SMILES string of the molecule is Cc1nc([N+](=O)[O-])c(N2CCCC2)n1CC(=O)c1ccc(Cl)cc1. The number of carbonyl (C=O) groups excluding carboxylic acids is 1. The number of hydrogen-bond donors (Lipinski definition) is 0. The van der Waals surface area contributed by atoms with Gasteiger partial charge >= 0.3 is 5.82 Å². The molecule has 0 saturated carbocycles. The van der Waals surface area contributed by atoms with E-state index in [9.17, 15) is 14.9 Å². The van der Waals surface area contributed by atoms with Crippen LogP contribution in [0.15, 0.2) is 24.3 Å². The average molecular weight is 349 g/mol. The van der Waals surface area contributed by atoms with E-state index in [2.05, 4.69) is 4.98 Å². The second-order valence-corrected chi connectivity index (χ2v) is 6.21. The summed E-state index contributed by atoms with van der Waals surface area (Å²) in [6, 6.07) is 6.61. The molecule has 7 nitrogen and oxygen atoms in total. The lowest BCUT2D eigenvalue weighted by atomic mass is 10.1. The minimum absolute atomic E-state index is 0.0140. The fourth-order valence-electron chi connectivity index (χ4n) is 2.96. The van der Waals surface area contributed by atoms with Gasteiger partial charge in [0.05, 0.1) is 6.54 Å². The Bertz CT molecular complexity index is 779. The van der Waals surface area contributed by atoms with Gasteiger partial charge in [-0.1, -0.05) is 11.6 Å². The Hall–Kier alpha value is -2.41. The number of aryl methyl sites for hydroxylation is 1. The molecule has 1 aliphatic heterocycles. The maximum Gasteiger partial charge on any atom is 0.406 e. The smallest absolute Gasteiger partial charge is 0.358 e. The number of nitrogens with zero attached hydrogens (tertiary/aromatic N) is 4. The second kappa shape index (κ2) is 6.60. The summed E-state index contributed by atoms with van der Waals surface area (Å²) in [6.45, 7) is 3.17. The Kier molecular flexibility index (Phi) is 4.53. The molecule has 3 rings (SSSR count). The average Bonchev–Trinajstić information content (AvgIpc) is 3.16. The zero-order valence-electron chi connectivity index (χ0n) is 13.2. The van der Waals surface area contributed by atoms with Gasteiger partial charge in [-0.2, -0.15) is 0 Å². The highest BCUT2D eigenvalue weighted by Gasteiger charge is 2.32. The number of anilines is 1. The van der Waals surface area contributed by atoms with E-state index < -0.39 is 4.92 Å². The van der Waals surface area contributed by atoms with Crippen LogP contribution >= 0.6 is 11.6 Å². The fraction of sp³-hybridized carbons (Fsp3) is 0.375. The van der Waals surface area contributed by atoms with Crippen molar-refractivity contribution < 1.29 is 9.72 Å². The zero-order chi connectivity index (χ0) is 17.3. The van der Waals surface area contributed by atoms with Crippen LogP contribution in [0.3, 0.4) is 0 Å². The first-order valence-electron chi connectivity index (χ1n) is 7.72. The molecule has 24 heavy (non-hydrogen) atoms. The molecular formula is C16H17ClN4O3. The van der Waals surface area contributed by atoms with Crippen molar-refractivity contribution in [2.45, 2.75) is 26.3 Å². The molecule has 0 spiro atoms. The summed E-state index contributed by atoms with van der Waals surface area (Å²) in [7, 11) is 0. The predicted octanol–water partition coefficient (Wildman–Crippen LogP) is 3.24. The Labute approximate surface area is 144 Å². The van der Waals surface area contributed by atoms with Crippen LogP contribution in [0.25, 0.3) is 0 Å². The molecule has 126 valence electrons. The van der Waals surface area contributed by atoms with Crippen LogP contribution in [0.2, 0.25) is 5.02 Å². The molecule has 0 N–H and O–H groups in total. The van der Waals surface area contributed by atoms with Crippen molar-refractivity contribution >= 4 is 29.0 Å². The molecule has 2 aromatic rings. The van der Waals surface area contributed by atoms with E-state index in [1.807, 2.05) is 4.90 Å². The third-order valence-corrected chi connectivity index (χ3v) is 4.41. The Morgan fingerprint density at radius 3 is 2.50 bits per heavy atom. The Balaban J connectivity index is 1.96. The minimum atomic E-state index is -0.482. The number of rotatable bonds is 5. The van der Waals surface area contributed by atoms with Crippen LogP contribution in [-0.2, 0) is 6.54 Å². The van der Waals surface area contributed by atoms with Crippen LogP contribution in [0, 0.1) is 17.0 Å². The topological polar surface area (TPSA) is 81.3 Å². The van der Waals surface area contributed by atoms with Crippen LogP contribution < -0.4 is 4.90 Å². The van der Waals surface area contributed by atoms with Gasteiger partial charge in [0.25, 0.3) is 0 Å². The number of nitro groups is 1. The molecule has 0 bridgehead atoms. The number of halogens is 1. The first-order chi connectivity index (χ1) is 11.5. The van der Waals surface area contributed by atoms with E-state index in [1.54, 1.807) is 35.8 Å². The summed E-state index contributed by atoms with van der Waals surface area (Å²) >= 11 is 5.84. The third-order valence-electron chi connectivity index (χ3n) is 4.16. The van der Waals surface area contributed by atoms with Crippen LogP contribution in [0.1, 0.15) is 29.0 Å². The maximum absolute atomic E-state index is 12.5. The number of benzene rings is 1. The van der Waals surface area contributed by atoms with Crippen molar-refractivity contribution in [3.63, 3.8) is 0 Å². The van der Waals surface area contributed by atoms with Crippen LogP contribution in [-0.4, -0.2) is 33.3 Å². The third kappa shape index (κ3) is 3.12. The lowest BCUT2D eigenvalue weighted by molar-refractivity contribution is -0.388. The minimum Gasteiger partial charge on any atom is -0.358 e. The number of imidazole rings is 1. The summed E-state index contributed by atoms with van der Waals surface area (Å²) in [5.41, 5.74) is 0.516. The van der Waals surface area contributed by atoms with E-state index >= 15 is 0 Å². The molecule has 1 fully saturated rings. The van der Waals surface area contributed by atoms with Crippen molar-refractivity contribution in [2.24, 2.45) is 0 Å². The van der Waals surface area contributed by atoms with E-state index in [-0.39, 0.29) is 18.1 Å². The number of ketones is 1. The molecule has 1 aromatic carbocycles. The number of carbonyl (C=O) groups is 1. The van der Waals surface area contributed by atoms with Crippen molar-refractivity contribution in [2.75, 3.05) is 18.0 Å². The molecule has 0 radical (unpaired) electrons. The summed E-state index contributed by atoms with van der Waals surface area (Å²) in [5.74, 6) is 0.573. The van der Waals surface area contributed by atoms with Crippen molar-refractivity contribution in [3.05, 3.63) is 50.8 Å². The van der Waals surface area contributed by atoms with Gasteiger partial charge in [0.15, 0.2) is 5.78 Å². The van der Waals surface area contributed by atoms with Gasteiger partial charge in [-0.25, -0.2) is 0 Å². The molecular weight excluding hydrogens is 332 g/mol. The second-order valence-electron chi connectivity index (χ2n) is 5.77. The quantitative estimate of drug-likeness (QED) is 0.470. The highest BCUT2D eigenvalue weighted by Crippen LogP contribution is 2.31. The van der Waals surface area contributed by atoms with E-state index in [0.717, 1.165) is 25.9 Å². The largest absolute Gasteiger partial charge is 0.406 e. The van der Waals surface area contributed by atoms with Gasteiger partial charge in [-0.15, -0.1) is 0 Å². The maximum atomic E-state index is 12.5. The molecule has 0 aliphatic carbocycles.